The summed E-state index contributed by atoms with van der Waals surface area (Å²) < 4.78 is 5.35. The molecule has 0 amide bonds. The van der Waals surface area contributed by atoms with Crippen LogP contribution in [0, 0.1) is 0 Å². The smallest absolute Gasteiger partial charge is 0.193 e. The van der Waals surface area contributed by atoms with Crippen molar-refractivity contribution < 1.29 is 4.42 Å². The van der Waals surface area contributed by atoms with E-state index in [2.05, 4.69) is 15.3 Å². The lowest BCUT2D eigenvalue weighted by molar-refractivity contribution is 0.426. The van der Waals surface area contributed by atoms with Crippen molar-refractivity contribution in [2.75, 3.05) is 7.05 Å². The topological polar surface area (TPSA) is 53.9 Å². The molecule has 0 saturated heterocycles. The molecule has 0 aliphatic heterocycles. The first kappa shape index (κ1) is 10.3. The van der Waals surface area contributed by atoms with Crippen LogP contribution in [0.25, 0.3) is 0 Å². The van der Waals surface area contributed by atoms with Gasteiger partial charge in [0.05, 0.1) is 6.04 Å². The molecule has 2 N–H and O–H groups in total. The number of imidazole rings is 1. The summed E-state index contributed by atoms with van der Waals surface area (Å²) in [6, 6.07) is 3.69. The number of nitrogens with zero attached hydrogens (tertiary/aromatic N) is 1. The molecule has 2 rings (SSSR count). The number of furan rings is 1. The van der Waals surface area contributed by atoms with Crippen molar-refractivity contribution in [1.29, 1.82) is 0 Å². The van der Waals surface area contributed by atoms with Gasteiger partial charge in [-0.25, -0.2) is 4.98 Å². The highest BCUT2D eigenvalue weighted by atomic mass is 35.5. The van der Waals surface area contributed by atoms with E-state index in [1.165, 1.54) is 0 Å². The molecule has 2 aromatic heterocycles. The van der Waals surface area contributed by atoms with Crippen molar-refractivity contribution in [2.45, 2.75) is 12.5 Å². The second-order valence-electron chi connectivity index (χ2n) is 3.22. The fraction of sp³-hybridized carbons (Fsp3) is 0.300. The van der Waals surface area contributed by atoms with E-state index in [0.29, 0.717) is 5.22 Å². The van der Waals surface area contributed by atoms with Gasteiger partial charge in [0, 0.05) is 18.8 Å². The minimum atomic E-state index is 0.0867. The van der Waals surface area contributed by atoms with Crippen LogP contribution >= 0.6 is 11.6 Å². The number of hydrogen-bond acceptors (Lipinski definition) is 3. The van der Waals surface area contributed by atoms with Gasteiger partial charge in [0.25, 0.3) is 0 Å². The van der Waals surface area contributed by atoms with Gasteiger partial charge in [-0.15, -0.1) is 0 Å². The summed E-state index contributed by atoms with van der Waals surface area (Å²) in [7, 11) is 1.88. The van der Waals surface area contributed by atoms with Gasteiger partial charge in [-0.2, -0.15) is 0 Å². The molecule has 80 valence electrons. The molecule has 0 bridgehead atoms. The van der Waals surface area contributed by atoms with Crippen molar-refractivity contribution in [2.24, 2.45) is 0 Å². The molecule has 1 unspecified atom stereocenters. The molecule has 0 saturated carbocycles. The Kier molecular flexibility index (Phi) is 3.08. The van der Waals surface area contributed by atoms with Crippen LogP contribution in [-0.2, 0) is 6.42 Å². The molecule has 4 nitrogen and oxygen atoms in total. The van der Waals surface area contributed by atoms with Crippen LogP contribution in [0.3, 0.4) is 0 Å². The molecule has 0 aliphatic carbocycles. The van der Waals surface area contributed by atoms with Crippen LogP contribution in [0.5, 0.6) is 0 Å². The molecule has 2 aromatic rings. The molecule has 0 radical (unpaired) electrons. The third kappa shape index (κ3) is 2.40. The van der Waals surface area contributed by atoms with Gasteiger partial charge in [-0.1, -0.05) is 0 Å². The van der Waals surface area contributed by atoms with Crippen molar-refractivity contribution in [3.05, 3.63) is 41.3 Å². The minimum Gasteiger partial charge on any atom is -0.448 e. The molecule has 2 heterocycles. The Balaban J connectivity index is 2.11. The Morgan fingerprint density at radius 2 is 2.47 bits per heavy atom. The molecule has 1 atom stereocenters. The van der Waals surface area contributed by atoms with E-state index in [1.54, 1.807) is 18.5 Å². The van der Waals surface area contributed by atoms with E-state index in [1.807, 2.05) is 13.1 Å². The lowest BCUT2D eigenvalue weighted by Gasteiger charge is -2.11. The zero-order valence-corrected chi connectivity index (χ0v) is 9.08. The number of aromatic amines is 1. The highest BCUT2D eigenvalue weighted by Gasteiger charge is 2.14. The summed E-state index contributed by atoms with van der Waals surface area (Å²) in [5.41, 5.74) is 0. The van der Waals surface area contributed by atoms with E-state index < -0.39 is 0 Å². The van der Waals surface area contributed by atoms with Crippen LogP contribution in [-0.4, -0.2) is 17.0 Å². The first-order valence-electron chi connectivity index (χ1n) is 4.70. The number of halogens is 1. The van der Waals surface area contributed by atoms with Gasteiger partial charge in [0.2, 0.25) is 0 Å². The average Bonchev–Trinajstić information content (AvgIpc) is 2.85. The van der Waals surface area contributed by atoms with Gasteiger partial charge in [0.15, 0.2) is 5.22 Å². The number of H-pyrrole nitrogens is 1. The minimum absolute atomic E-state index is 0.0867. The van der Waals surface area contributed by atoms with Crippen molar-refractivity contribution >= 4 is 11.6 Å². The van der Waals surface area contributed by atoms with Gasteiger partial charge in [-0.05, 0) is 30.8 Å². The number of likely N-dealkylation sites (N-methyl/N-ethyl adjacent to an activating group) is 1. The number of aromatic nitrogens is 2. The molecule has 0 aromatic carbocycles. The third-order valence-electron chi connectivity index (χ3n) is 2.24. The van der Waals surface area contributed by atoms with Crippen molar-refractivity contribution in [3.63, 3.8) is 0 Å². The average molecular weight is 226 g/mol. The summed E-state index contributed by atoms with van der Waals surface area (Å²) >= 11 is 5.73. The first-order valence-corrected chi connectivity index (χ1v) is 5.08. The Labute approximate surface area is 92.7 Å². The fourth-order valence-electron chi connectivity index (χ4n) is 1.46. The van der Waals surface area contributed by atoms with Crippen molar-refractivity contribution in [1.82, 2.24) is 15.3 Å². The van der Waals surface area contributed by atoms with Crippen LogP contribution < -0.4 is 5.32 Å². The normalized spacial score (nSPS) is 12.9. The quantitative estimate of drug-likeness (QED) is 0.839. The second kappa shape index (κ2) is 4.51. The second-order valence-corrected chi connectivity index (χ2v) is 3.60. The van der Waals surface area contributed by atoms with E-state index in [-0.39, 0.29) is 6.04 Å². The Hall–Kier alpha value is -1.26. The van der Waals surface area contributed by atoms with Gasteiger partial charge in [0.1, 0.15) is 11.6 Å². The van der Waals surface area contributed by atoms with Crippen molar-refractivity contribution in [3.8, 4) is 0 Å². The predicted molar refractivity (Wildman–Crippen MR) is 57.8 cm³/mol. The van der Waals surface area contributed by atoms with Crippen LogP contribution in [0.2, 0.25) is 5.22 Å². The number of nitrogens with one attached hydrogen (secondary N) is 2. The largest absolute Gasteiger partial charge is 0.448 e. The summed E-state index contributed by atoms with van der Waals surface area (Å²) in [4.78, 5) is 7.22. The fourth-order valence-corrected chi connectivity index (χ4v) is 1.62. The zero-order valence-electron chi connectivity index (χ0n) is 8.33. The monoisotopic (exact) mass is 225 g/mol. The SMILES string of the molecule is CNC(Cc1ncc[nH]1)c1ccc(Cl)o1. The molecule has 5 heteroatoms. The maximum absolute atomic E-state index is 5.73. The third-order valence-corrected chi connectivity index (χ3v) is 2.44. The maximum atomic E-state index is 5.73. The van der Waals surface area contributed by atoms with Gasteiger partial charge >= 0.3 is 0 Å². The number of hydrogen-bond donors (Lipinski definition) is 2. The van der Waals surface area contributed by atoms with Gasteiger partial charge in [-0.3, -0.25) is 0 Å². The molecular formula is C10H12ClN3O. The summed E-state index contributed by atoms with van der Waals surface area (Å²) in [6.07, 6.45) is 4.28. The van der Waals surface area contributed by atoms with Crippen LogP contribution in [0.1, 0.15) is 17.6 Å². The first-order chi connectivity index (χ1) is 7.29. The molecule has 0 aliphatic rings. The van der Waals surface area contributed by atoms with E-state index in [4.69, 9.17) is 16.0 Å². The lowest BCUT2D eigenvalue weighted by Crippen LogP contribution is -2.18. The van der Waals surface area contributed by atoms with Gasteiger partial charge < -0.3 is 14.7 Å². The Bertz CT molecular complexity index is 410. The van der Waals surface area contributed by atoms with E-state index in [9.17, 15) is 0 Å². The highest BCUT2D eigenvalue weighted by Crippen LogP contribution is 2.21. The highest BCUT2D eigenvalue weighted by molar-refractivity contribution is 6.28. The van der Waals surface area contributed by atoms with E-state index in [0.717, 1.165) is 18.0 Å². The standard InChI is InChI=1S/C10H12ClN3O/c1-12-7(6-10-13-4-5-14-10)8-2-3-9(11)15-8/h2-5,7,12H,6H2,1H3,(H,13,14). The predicted octanol–water partition coefficient (Wildman–Crippen LogP) is 2.16. The Morgan fingerprint density at radius 1 is 1.60 bits per heavy atom. The van der Waals surface area contributed by atoms with E-state index >= 15 is 0 Å². The molecule has 15 heavy (non-hydrogen) atoms. The maximum Gasteiger partial charge on any atom is 0.193 e. The zero-order chi connectivity index (χ0) is 10.7. The summed E-state index contributed by atoms with van der Waals surface area (Å²) in [5.74, 6) is 1.74. The summed E-state index contributed by atoms with van der Waals surface area (Å²) in [6.45, 7) is 0. The van der Waals surface area contributed by atoms with Crippen LogP contribution in [0.4, 0.5) is 0 Å². The molecule has 0 spiro atoms. The number of rotatable bonds is 4. The summed E-state index contributed by atoms with van der Waals surface area (Å²) in [5, 5.41) is 3.56. The molecular weight excluding hydrogens is 214 g/mol. The lowest BCUT2D eigenvalue weighted by atomic mass is 10.1. The Morgan fingerprint density at radius 3 is 3.00 bits per heavy atom. The molecule has 0 fully saturated rings. The van der Waals surface area contributed by atoms with Crippen LogP contribution in [0.15, 0.2) is 28.9 Å².